The Bertz CT molecular complexity index is 710. The molecular weight excluding hydrogens is 310 g/mol. The lowest BCUT2D eigenvalue weighted by Crippen LogP contribution is -2.35. The van der Waals surface area contributed by atoms with Crippen molar-refractivity contribution < 1.29 is 8.42 Å². The van der Waals surface area contributed by atoms with E-state index in [1.165, 1.54) is 0 Å². The molecule has 6 heteroatoms. The van der Waals surface area contributed by atoms with Crippen molar-refractivity contribution in [3.63, 3.8) is 0 Å². The zero-order valence-corrected chi connectivity index (χ0v) is 14.8. The van der Waals surface area contributed by atoms with E-state index in [0.717, 1.165) is 5.56 Å². The quantitative estimate of drug-likeness (QED) is 0.753. The van der Waals surface area contributed by atoms with Gasteiger partial charge in [0.25, 0.3) is 0 Å². The van der Waals surface area contributed by atoms with Crippen molar-refractivity contribution in [2.45, 2.75) is 44.2 Å². The molecule has 0 saturated heterocycles. The van der Waals surface area contributed by atoms with Gasteiger partial charge < -0.3 is 5.32 Å². The van der Waals surface area contributed by atoms with Crippen LogP contribution < -0.4 is 5.32 Å². The lowest BCUT2D eigenvalue weighted by atomic mass is 10.1. The van der Waals surface area contributed by atoms with Crippen molar-refractivity contribution in [1.29, 1.82) is 0 Å². The van der Waals surface area contributed by atoms with Crippen LogP contribution in [0.25, 0.3) is 0 Å². The van der Waals surface area contributed by atoms with Gasteiger partial charge in [-0.15, -0.1) is 0 Å². The number of hydrogen-bond donors (Lipinski definition) is 1. The van der Waals surface area contributed by atoms with Crippen molar-refractivity contribution in [1.82, 2.24) is 15.1 Å². The molecule has 2 aromatic rings. The second-order valence-corrected chi connectivity index (χ2v) is 8.08. The zero-order valence-electron chi connectivity index (χ0n) is 13.9. The number of hydrogen-bond acceptors (Lipinski definition) is 4. The first-order chi connectivity index (χ1) is 10.9. The fraction of sp³-hybridized carbons (Fsp3) is 0.471. The molecule has 0 amide bonds. The van der Waals surface area contributed by atoms with Gasteiger partial charge in [-0.3, -0.25) is 4.68 Å². The van der Waals surface area contributed by atoms with Crippen LogP contribution >= 0.6 is 0 Å². The summed E-state index contributed by atoms with van der Waals surface area (Å²) in [4.78, 5) is 0.397. The van der Waals surface area contributed by atoms with E-state index < -0.39 is 9.84 Å². The molecule has 0 unspecified atom stereocenters. The predicted octanol–water partition coefficient (Wildman–Crippen LogP) is 2.59. The maximum Gasteiger partial charge on any atom is 0.178 e. The lowest BCUT2D eigenvalue weighted by molar-refractivity contribution is 0.367. The number of rotatable bonds is 8. The number of sulfone groups is 1. The van der Waals surface area contributed by atoms with E-state index in [4.69, 9.17) is 0 Å². The van der Waals surface area contributed by atoms with E-state index in [9.17, 15) is 8.42 Å². The minimum absolute atomic E-state index is 0.159. The van der Waals surface area contributed by atoms with Crippen LogP contribution in [0.1, 0.15) is 31.9 Å². The first kappa shape index (κ1) is 17.7. The topological polar surface area (TPSA) is 64.0 Å². The van der Waals surface area contributed by atoms with E-state index in [1.807, 2.05) is 30.1 Å². The van der Waals surface area contributed by atoms with Crippen LogP contribution in [-0.4, -0.2) is 36.5 Å². The molecule has 1 aromatic heterocycles. The Morgan fingerprint density at radius 1 is 1.22 bits per heavy atom. The first-order valence-electron chi connectivity index (χ1n) is 7.92. The van der Waals surface area contributed by atoms with Crippen molar-refractivity contribution in [3.8, 4) is 0 Å². The maximum absolute atomic E-state index is 12.2. The molecule has 0 saturated carbocycles. The normalized spacial score (nSPS) is 14.6. The van der Waals surface area contributed by atoms with Gasteiger partial charge in [-0.2, -0.15) is 5.10 Å². The largest absolute Gasteiger partial charge is 0.312 e. The number of aromatic nitrogens is 2. The molecule has 0 aliphatic rings. The summed E-state index contributed by atoms with van der Waals surface area (Å²) in [5.74, 6) is 0.159. The fourth-order valence-electron chi connectivity index (χ4n) is 2.39. The third kappa shape index (κ3) is 4.91. The van der Waals surface area contributed by atoms with Gasteiger partial charge in [0.1, 0.15) is 0 Å². The Labute approximate surface area is 138 Å². The van der Waals surface area contributed by atoms with Gasteiger partial charge in [0.15, 0.2) is 9.84 Å². The minimum atomic E-state index is -3.18. The van der Waals surface area contributed by atoms with Crippen LogP contribution in [0, 0.1) is 6.92 Å². The molecule has 126 valence electrons. The molecule has 2 atom stereocenters. The highest BCUT2D eigenvalue weighted by molar-refractivity contribution is 7.91. The van der Waals surface area contributed by atoms with Crippen LogP contribution in [0.3, 0.4) is 0 Å². The highest BCUT2D eigenvalue weighted by atomic mass is 32.2. The third-order valence-corrected chi connectivity index (χ3v) is 5.85. The van der Waals surface area contributed by atoms with Gasteiger partial charge in [0, 0.05) is 12.2 Å². The number of nitrogens with zero attached hydrogens (tertiary/aromatic N) is 2. The van der Waals surface area contributed by atoms with E-state index in [1.54, 1.807) is 24.3 Å². The molecule has 0 fully saturated rings. The van der Waals surface area contributed by atoms with Crippen LogP contribution in [-0.2, 0) is 9.84 Å². The standard InChI is InChI=1S/C17H25N3O2S/c1-14-12-19-20(13-14)16(3)15(2)18-10-7-11-23(21,22)17-8-5-4-6-9-17/h4-6,8-9,12-13,15-16,18H,7,10-11H2,1-3H3/t15-,16-/m0/s1. The maximum atomic E-state index is 12.2. The van der Waals surface area contributed by atoms with Gasteiger partial charge in [-0.25, -0.2) is 8.42 Å². The van der Waals surface area contributed by atoms with E-state index >= 15 is 0 Å². The van der Waals surface area contributed by atoms with Crippen molar-refractivity contribution in [2.75, 3.05) is 12.3 Å². The monoisotopic (exact) mass is 335 g/mol. The highest BCUT2D eigenvalue weighted by Crippen LogP contribution is 2.12. The molecule has 23 heavy (non-hydrogen) atoms. The average molecular weight is 335 g/mol. The summed E-state index contributed by atoms with van der Waals surface area (Å²) in [6, 6.07) is 9.05. The highest BCUT2D eigenvalue weighted by Gasteiger charge is 2.16. The van der Waals surface area contributed by atoms with Crippen LogP contribution in [0.2, 0.25) is 0 Å². The second-order valence-electron chi connectivity index (χ2n) is 5.97. The molecule has 0 spiro atoms. The van der Waals surface area contributed by atoms with Crippen LogP contribution in [0.4, 0.5) is 0 Å². The first-order valence-corrected chi connectivity index (χ1v) is 9.57. The molecule has 1 aromatic carbocycles. The molecule has 2 rings (SSSR count). The van der Waals surface area contributed by atoms with Crippen LogP contribution in [0.5, 0.6) is 0 Å². The van der Waals surface area contributed by atoms with E-state index in [2.05, 4.69) is 24.3 Å². The SMILES string of the molecule is Cc1cnn([C@@H](C)[C@H](C)NCCCS(=O)(=O)c2ccccc2)c1. The van der Waals surface area contributed by atoms with Gasteiger partial charge >= 0.3 is 0 Å². The molecule has 0 bridgehead atoms. The van der Waals surface area contributed by atoms with E-state index in [-0.39, 0.29) is 17.8 Å². The van der Waals surface area contributed by atoms with Gasteiger partial charge in [0.2, 0.25) is 0 Å². The van der Waals surface area contributed by atoms with Gasteiger partial charge in [-0.1, -0.05) is 18.2 Å². The molecule has 5 nitrogen and oxygen atoms in total. The molecule has 0 radical (unpaired) electrons. The number of aryl methyl sites for hydroxylation is 1. The van der Waals surface area contributed by atoms with E-state index in [0.29, 0.717) is 17.9 Å². The summed E-state index contributed by atoms with van der Waals surface area (Å²) in [7, 11) is -3.18. The summed E-state index contributed by atoms with van der Waals surface area (Å²) in [5, 5.41) is 7.71. The van der Waals surface area contributed by atoms with Crippen molar-refractivity contribution in [2.24, 2.45) is 0 Å². The Hall–Kier alpha value is -1.66. The summed E-state index contributed by atoms with van der Waals surface area (Å²) >= 11 is 0. The summed E-state index contributed by atoms with van der Waals surface area (Å²) in [5.41, 5.74) is 1.14. The molecular formula is C17H25N3O2S. The smallest absolute Gasteiger partial charge is 0.178 e. The Kier molecular flexibility index (Phi) is 5.96. The Morgan fingerprint density at radius 2 is 1.91 bits per heavy atom. The van der Waals surface area contributed by atoms with Crippen LogP contribution in [0.15, 0.2) is 47.6 Å². The van der Waals surface area contributed by atoms with Crippen molar-refractivity contribution >= 4 is 9.84 Å². The fourth-order valence-corrected chi connectivity index (χ4v) is 3.72. The predicted molar refractivity (Wildman–Crippen MR) is 92.3 cm³/mol. The second kappa shape index (κ2) is 7.75. The number of benzene rings is 1. The summed E-state index contributed by atoms with van der Waals surface area (Å²) < 4.78 is 26.3. The zero-order chi connectivity index (χ0) is 16.9. The van der Waals surface area contributed by atoms with Gasteiger partial charge in [0.05, 0.1) is 22.9 Å². The number of nitrogens with one attached hydrogen (secondary N) is 1. The van der Waals surface area contributed by atoms with Crippen molar-refractivity contribution in [3.05, 3.63) is 48.3 Å². The molecule has 1 heterocycles. The Morgan fingerprint density at radius 3 is 2.52 bits per heavy atom. The molecule has 1 N–H and O–H groups in total. The minimum Gasteiger partial charge on any atom is -0.312 e. The Balaban J connectivity index is 1.79. The lowest BCUT2D eigenvalue weighted by Gasteiger charge is -2.21. The molecule has 0 aliphatic carbocycles. The summed E-state index contributed by atoms with van der Waals surface area (Å²) in [6.07, 6.45) is 4.45. The third-order valence-electron chi connectivity index (χ3n) is 4.03. The molecule has 0 aliphatic heterocycles. The van der Waals surface area contributed by atoms with Gasteiger partial charge in [-0.05, 0) is 51.4 Å². The average Bonchev–Trinajstić information content (AvgIpc) is 2.98. The summed E-state index contributed by atoms with van der Waals surface area (Å²) in [6.45, 7) is 6.87.